The lowest BCUT2D eigenvalue weighted by Crippen LogP contribution is -2.19. The largest absolute Gasteiger partial charge is 0.489 e. The maximum Gasteiger partial charge on any atom is 0.142 e. The highest BCUT2D eigenvalue weighted by Crippen LogP contribution is 2.19. The first-order chi connectivity index (χ1) is 9.29. The van der Waals surface area contributed by atoms with Gasteiger partial charge in [0.05, 0.1) is 11.8 Å². The average molecular weight is 264 g/mol. The van der Waals surface area contributed by atoms with Gasteiger partial charge in [-0.2, -0.15) is 0 Å². The molecule has 0 bridgehead atoms. The van der Waals surface area contributed by atoms with Crippen molar-refractivity contribution in [2.24, 2.45) is 0 Å². The molecular weight excluding hydrogens is 240 g/mol. The third kappa shape index (κ3) is 4.48. The first-order valence-corrected chi connectivity index (χ1v) is 7.21. The van der Waals surface area contributed by atoms with Crippen molar-refractivity contribution in [3.05, 3.63) is 23.5 Å². The normalized spacial score (nSPS) is 18.7. The number of nitrogens with zero attached hydrogens (tertiary/aromatic N) is 1. The van der Waals surface area contributed by atoms with E-state index in [4.69, 9.17) is 9.47 Å². The molecule has 2 rings (SSSR count). The SMILES string of the molecule is CCCNCc1nc(C)ccc1OCC1CCCO1. The quantitative estimate of drug-likeness (QED) is 0.768. The number of aromatic nitrogens is 1. The predicted molar refractivity (Wildman–Crippen MR) is 75.4 cm³/mol. The van der Waals surface area contributed by atoms with Gasteiger partial charge in [0.1, 0.15) is 12.4 Å². The summed E-state index contributed by atoms with van der Waals surface area (Å²) in [4.78, 5) is 4.56. The molecule has 0 amide bonds. The van der Waals surface area contributed by atoms with Crippen LogP contribution in [0.5, 0.6) is 5.75 Å². The van der Waals surface area contributed by atoms with Crippen LogP contribution in [-0.2, 0) is 11.3 Å². The van der Waals surface area contributed by atoms with Gasteiger partial charge in [-0.25, -0.2) is 0 Å². The number of nitrogens with one attached hydrogen (secondary N) is 1. The molecule has 2 heterocycles. The van der Waals surface area contributed by atoms with Crippen molar-refractivity contribution in [2.45, 2.75) is 45.8 Å². The Morgan fingerprint density at radius 2 is 2.37 bits per heavy atom. The molecular formula is C15H24N2O2. The molecule has 1 atom stereocenters. The van der Waals surface area contributed by atoms with E-state index in [1.807, 2.05) is 19.1 Å². The van der Waals surface area contributed by atoms with Crippen molar-refractivity contribution in [3.63, 3.8) is 0 Å². The lowest BCUT2D eigenvalue weighted by Gasteiger charge is -2.15. The fourth-order valence-corrected chi connectivity index (χ4v) is 2.20. The summed E-state index contributed by atoms with van der Waals surface area (Å²) in [5.74, 6) is 0.879. The van der Waals surface area contributed by atoms with Crippen LogP contribution in [0.2, 0.25) is 0 Å². The first-order valence-electron chi connectivity index (χ1n) is 7.21. The van der Waals surface area contributed by atoms with E-state index in [9.17, 15) is 0 Å². The zero-order valence-electron chi connectivity index (χ0n) is 11.9. The zero-order valence-corrected chi connectivity index (χ0v) is 11.9. The number of hydrogen-bond donors (Lipinski definition) is 1. The lowest BCUT2D eigenvalue weighted by molar-refractivity contribution is 0.0674. The molecule has 0 saturated carbocycles. The maximum atomic E-state index is 5.88. The van der Waals surface area contributed by atoms with E-state index in [0.29, 0.717) is 6.61 Å². The second kappa shape index (κ2) is 7.46. The van der Waals surface area contributed by atoms with Crippen LogP contribution in [0.4, 0.5) is 0 Å². The lowest BCUT2D eigenvalue weighted by atomic mass is 10.2. The molecule has 19 heavy (non-hydrogen) atoms. The van der Waals surface area contributed by atoms with E-state index in [1.165, 1.54) is 0 Å². The van der Waals surface area contributed by atoms with Crippen molar-refractivity contribution in [1.29, 1.82) is 0 Å². The second-order valence-corrected chi connectivity index (χ2v) is 5.02. The standard InChI is InChI=1S/C15H24N2O2/c1-3-8-16-10-14-15(7-6-12(2)17-14)19-11-13-5-4-9-18-13/h6-7,13,16H,3-5,8-11H2,1-2H3. The van der Waals surface area contributed by atoms with Gasteiger partial charge in [-0.15, -0.1) is 0 Å². The van der Waals surface area contributed by atoms with Gasteiger partial charge in [-0.1, -0.05) is 6.92 Å². The van der Waals surface area contributed by atoms with E-state index in [2.05, 4.69) is 17.2 Å². The number of aryl methyl sites for hydroxylation is 1. The molecule has 4 heteroatoms. The van der Waals surface area contributed by atoms with Crippen molar-refractivity contribution >= 4 is 0 Å². The third-order valence-electron chi connectivity index (χ3n) is 3.24. The summed E-state index contributed by atoms with van der Waals surface area (Å²) in [6.07, 6.45) is 3.61. The van der Waals surface area contributed by atoms with Crippen molar-refractivity contribution in [2.75, 3.05) is 19.8 Å². The molecule has 1 aliphatic heterocycles. The van der Waals surface area contributed by atoms with Crippen molar-refractivity contribution < 1.29 is 9.47 Å². The molecule has 0 radical (unpaired) electrons. The van der Waals surface area contributed by atoms with Crippen LogP contribution in [0.25, 0.3) is 0 Å². The first kappa shape index (κ1) is 14.3. The van der Waals surface area contributed by atoms with Crippen molar-refractivity contribution in [1.82, 2.24) is 10.3 Å². The highest BCUT2D eigenvalue weighted by atomic mass is 16.5. The Labute approximate surface area is 115 Å². The number of hydrogen-bond acceptors (Lipinski definition) is 4. The topological polar surface area (TPSA) is 43.4 Å². The Kier molecular flexibility index (Phi) is 5.61. The summed E-state index contributed by atoms with van der Waals surface area (Å²) >= 11 is 0. The van der Waals surface area contributed by atoms with Gasteiger partial charge in [-0.05, 0) is 44.9 Å². The summed E-state index contributed by atoms with van der Waals surface area (Å²) in [5.41, 5.74) is 2.02. The summed E-state index contributed by atoms with van der Waals surface area (Å²) in [6.45, 7) is 7.42. The van der Waals surface area contributed by atoms with Crippen LogP contribution in [0, 0.1) is 6.92 Å². The molecule has 0 spiro atoms. The highest BCUT2D eigenvalue weighted by Gasteiger charge is 2.17. The molecule has 0 aromatic carbocycles. The van der Waals surface area contributed by atoms with Gasteiger partial charge in [0, 0.05) is 18.8 Å². The van der Waals surface area contributed by atoms with E-state index in [1.54, 1.807) is 0 Å². The van der Waals surface area contributed by atoms with Crippen LogP contribution in [0.1, 0.15) is 37.6 Å². The molecule has 4 nitrogen and oxygen atoms in total. The Hall–Kier alpha value is -1.13. The van der Waals surface area contributed by atoms with Crippen LogP contribution in [0.15, 0.2) is 12.1 Å². The van der Waals surface area contributed by atoms with Crippen LogP contribution in [-0.4, -0.2) is 30.8 Å². The Morgan fingerprint density at radius 1 is 1.47 bits per heavy atom. The van der Waals surface area contributed by atoms with Gasteiger partial charge in [0.25, 0.3) is 0 Å². The molecule has 0 aliphatic carbocycles. The average Bonchev–Trinajstić information content (AvgIpc) is 2.91. The van der Waals surface area contributed by atoms with E-state index < -0.39 is 0 Å². The van der Waals surface area contributed by atoms with Gasteiger partial charge in [-0.3, -0.25) is 4.98 Å². The molecule has 106 valence electrons. The molecule has 1 N–H and O–H groups in total. The summed E-state index contributed by atoms with van der Waals surface area (Å²) < 4.78 is 11.5. The smallest absolute Gasteiger partial charge is 0.142 e. The molecule has 1 aromatic heterocycles. The van der Waals surface area contributed by atoms with Gasteiger partial charge in [0.15, 0.2) is 0 Å². The Balaban J connectivity index is 1.92. The van der Waals surface area contributed by atoms with Gasteiger partial charge < -0.3 is 14.8 Å². The zero-order chi connectivity index (χ0) is 13.5. The fourth-order valence-electron chi connectivity index (χ4n) is 2.20. The number of rotatable bonds is 7. The summed E-state index contributed by atoms with van der Waals surface area (Å²) in [6, 6.07) is 4.01. The minimum absolute atomic E-state index is 0.248. The summed E-state index contributed by atoms with van der Waals surface area (Å²) in [5, 5.41) is 3.37. The molecule has 1 saturated heterocycles. The molecule has 1 unspecified atom stereocenters. The maximum absolute atomic E-state index is 5.88. The Morgan fingerprint density at radius 3 is 3.11 bits per heavy atom. The summed E-state index contributed by atoms with van der Waals surface area (Å²) in [7, 11) is 0. The molecule has 1 aliphatic rings. The van der Waals surface area contributed by atoms with E-state index in [0.717, 1.165) is 56.1 Å². The van der Waals surface area contributed by atoms with Crippen LogP contribution < -0.4 is 10.1 Å². The number of pyridine rings is 1. The Bertz CT molecular complexity index is 390. The molecule has 1 aromatic rings. The van der Waals surface area contributed by atoms with E-state index >= 15 is 0 Å². The van der Waals surface area contributed by atoms with Gasteiger partial charge in [0.2, 0.25) is 0 Å². The minimum atomic E-state index is 0.248. The second-order valence-electron chi connectivity index (χ2n) is 5.02. The van der Waals surface area contributed by atoms with Crippen molar-refractivity contribution in [3.8, 4) is 5.75 Å². The predicted octanol–water partition coefficient (Wildman–Crippen LogP) is 2.45. The third-order valence-corrected chi connectivity index (χ3v) is 3.24. The number of ether oxygens (including phenoxy) is 2. The fraction of sp³-hybridized carbons (Fsp3) is 0.667. The molecule has 1 fully saturated rings. The van der Waals surface area contributed by atoms with Crippen LogP contribution >= 0.6 is 0 Å². The highest BCUT2D eigenvalue weighted by molar-refractivity contribution is 5.29. The minimum Gasteiger partial charge on any atom is -0.489 e. The van der Waals surface area contributed by atoms with Gasteiger partial charge >= 0.3 is 0 Å². The van der Waals surface area contributed by atoms with Crippen LogP contribution in [0.3, 0.4) is 0 Å². The monoisotopic (exact) mass is 264 g/mol. The van der Waals surface area contributed by atoms with E-state index in [-0.39, 0.29) is 6.10 Å².